The van der Waals surface area contributed by atoms with E-state index in [0.29, 0.717) is 24.6 Å². The van der Waals surface area contributed by atoms with E-state index in [2.05, 4.69) is 9.97 Å². The van der Waals surface area contributed by atoms with Gasteiger partial charge in [-0.15, -0.1) is 0 Å². The number of aromatic nitrogens is 2. The highest BCUT2D eigenvalue weighted by molar-refractivity contribution is 7.89. The number of furan rings is 1. The highest BCUT2D eigenvalue weighted by Gasteiger charge is 2.25. The fourth-order valence-corrected chi connectivity index (χ4v) is 3.08. The number of sulfonamides is 1. The third-order valence-electron chi connectivity index (χ3n) is 2.82. The Morgan fingerprint density at radius 1 is 1.42 bits per heavy atom. The molecule has 2 heterocycles. The highest BCUT2D eigenvalue weighted by atomic mass is 32.2. The van der Waals surface area contributed by atoms with E-state index in [1.165, 1.54) is 16.8 Å². The molecule has 0 aliphatic carbocycles. The molecule has 2 rings (SSSR count). The predicted molar refractivity (Wildman–Crippen MR) is 69.9 cm³/mol. The fraction of sp³-hybridized carbons (Fsp3) is 0.417. The second-order valence-electron chi connectivity index (χ2n) is 4.06. The van der Waals surface area contributed by atoms with Gasteiger partial charge < -0.3 is 9.40 Å². The van der Waals surface area contributed by atoms with Crippen molar-refractivity contribution in [3.63, 3.8) is 0 Å². The summed E-state index contributed by atoms with van der Waals surface area (Å²) in [6.45, 7) is 4.28. The van der Waals surface area contributed by atoms with E-state index in [4.69, 9.17) is 4.42 Å². The van der Waals surface area contributed by atoms with Gasteiger partial charge in [-0.2, -0.15) is 4.31 Å². The predicted octanol–water partition coefficient (Wildman–Crippen LogP) is 1.78. The van der Waals surface area contributed by atoms with E-state index >= 15 is 0 Å². The molecule has 0 aliphatic rings. The summed E-state index contributed by atoms with van der Waals surface area (Å²) < 4.78 is 31.4. The van der Waals surface area contributed by atoms with E-state index < -0.39 is 10.0 Å². The number of hydrogen-bond acceptors (Lipinski definition) is 4. The first-order valence-electron chi connectivity index (χ1n) is 6.14. The summed E-state index contributed by atoms with van der Waals surface area (Å²) in [7, 11) is -3.56. The number of H-pyrrole nitrogens is 1. The van der Waals surface area contributed by atoms with Crippen LogP contribution in [0.1, 0.15) is 25.4 Å². The maximum absolute atomic E-state index is 12.4. The molecule has 0 aliphatic heterocycles. The van der Waals surface area contributed by atoms with Gasteiger partial charge in [0.25, 0.3) is 10.0 Å². The summed E-state index contributed by atoms with van der Waals surface area (Å²) in [5.41, 5.74) is 0. The van der Waals surface area contributed by atoms with Gasteiger partial charge in [-0.1, -0.05) is 13.8 Å². The van der Waals surface area contributed by atoms with Crippen molar-refractivity contribution < 1.29 is 12.8 Å². The number of hydrogen-bond donors (Lipinski definition) is 1. The van der Waals surface area contributed by atoms with Crippen LogP contribution < -0.4 is 0 Å². The van der Waals surface area contributed by atoms with Crippen LogP contribution in [-0.2, 0) is 23.0 Å². The zero-order chi connectivity index (χ0) is 13.9. The van der Waals surface area contributed by atoms with Crippen molar-refractivity contribution in [2.45, 2.75) is 31.8 Å². The number of nitrogens with one attached hydrogen (secondary N) is 1. The summed E-state index contributed by atoms with van der Waals surface area (Å²) in [4.78, 5) is 6.86. The molecule has 0 aromatic carbocycles. The molecule has 0 spiro atoms. The molecule has 0 fully saturated rings. The molecule has 0 saturated heterocycles. The Balaban J connectivity index is 2.25. The maximum atomic E-state index is 12.4. The molecule has 6 nitrogen and oxygen atoms in total. The van der Waals surface area contributed by atoms with Crippen LogP contribution in [-0.4, -0.2) is 29.2 Å². The monoisotopic (exact) mass is 283 g/mol. The molecule has 2 aromatic heterocycles. The van der Waals surface area contributed by atoms with Gasteiger partial charge in [0.15, 0.2) is 5.03 Å². The smallest absolute Gasteiger partial charge is 0.260 e. The SMILES string of the molecule is CCc1ncc(S(=O)(=O)N(CC)Cc2ccco2)[nH]1. The molecule has 0 atom stereocenters. The van der Waals surface area contributed by atoms with Crippen LogP contribution >= 0.6 is 0 Å². The summed E-state index contributed by atoms with van der Waals surface area (Å²) in [6.07, 6.45) is 3.56. The van der Waals surface area contributed by atoms with Crippen LogP contribution in [0.25, 0.3) is 0 Å². The van der Waals surface area contributed by atoms with Crippen LogP contribution in [0.5, 0.6) is 0 Å². The van der Waals surface area contributed by atoms with Crippen LogP contribution in [0.4, 0.5) is 0 Å². The second-order valence-corrected chi connectivity index (χ2v) is 5.96. The third kappa shape index (κ3) is 2.87. The van der Waals surface area contributed by atoms with Crippen LogP contribution in [0.3, 0.4) is 0 Å². The Kier molecular flexibility index (Phi) is 4.06. The molecule has 0 amide bonds. The van der Waals surface area contributed by atoms with Gasteiger partial charge in [0.05, 0.1) is 19.0 Å². The molecule has 7 heteroatoms. The average molecular weight is 283 g/mol. The van der Waals surface area contributed by atoms with Crippen molar-refractivity contribution in [2.75, 3.05) is 6.54 Å². The van der Waals surface area contributed by atoms with Crippen LogP contribution in [0, 0.1) is 0 Å². The summed E-state index contributed by atoms with van der Waals surface area (Å²) in [6, 6.07) is 3.49. The molecule has 0 bridgehead atoms. The first-order chi connectivity index (χ1) is 9.07. The zero-order valence-electron chi connectivity index (χ0n) is 11.0. The van der Waals surface area contributed by atoms with E-state index in [1.54, 1.807) is 19.1 Å². The van der Waals surface area contributed by atoms with Gasteiger partial charge in [0, 0.05) is 13.0 Å². The standard InChI is InChI=1S/C12H17N3O3S/c1-3-11-13-8-12(14-11)19(16,17)15(4-2)9-10-6-5-7-18-10/h5-8H,3-4,9H2,1-2H3,(H,13,14). The minimum absolute atomic E-state index is 0.123. The lowest BCUT2D eigenvalue weighted by molar-refractivity contribution is 0.374. The maximum Gasteiger partial charge on any atom is 0.260 e. The number of aromatic amines is 1. The van der Waals surface area contributed by atoms with Crippen molar-refractivity contribution >= 4 is 10.0 Å². The molecule has 1 N–H and O–H groups in total. The van der Waals surface area contributed by atoms with Gasteiger partial charge in [0.2, 0.25) is 0 Å². The molecular weight excluding hydrogens is 266 g/mol. The minimum Gasteiger partial charge on any atom is -0.468 e. The van der Waals surface area contributed by atoms with Crippen LogP contribution in [0.2, 0.25) is 0 Å². The quantitative estimate of drug-likeness (QED) is 0.876. The first kappa shape index (κ1) is 13.8. The highest BCUT2D eigenvalue weighted by Crippen LogP contribution is 2.16. The molecule has 19 heavy (non-hydrogen) atoms. The van der Waals surface area contributed by atoms with Crippen molar-refractivity contribution in [2.24, 2.45) is 0 Å². The van der Waals surface area contributed by atoms with Crippen molar-refractivity contribution in [3.05, 3.63) is 36.2 Å². The Morgan fingerprint density at radius 2 is 2.21 bits per heavy atom. The summed E-state index contributed by atoms with van der Waals surface area (Å²) in [5.74, 6) is 1.27. The first-order valence-corrected chi connectivity index (χ1v) is 7.58. The molecule has 0 radical (unpaired) electrons. The molecule has 2 aromatic rings. The van der Waals surface area contributed by atoms with Gasteiger partial charge in [-0.05, 0) is 12.1 Å². The van der Waals surface area contributed by atoms with Crippen molar-refractivity contribution in [3.8, 4) is 0 Å². The van der Waals surface area contributed by atoms with Crippen molar-refractivity contribution in [1.29, 1.82) is 0 Å². The molecule has 0 saturated carbocycles. The number of aryl methyl sites for hydroxylation is 1. The van der Waals surface area contributed by atoms with Gasteiger partial charge >= 0.3 is 0 Å². The van der Waals surface area contributed by atoms with E-state index in [-0.39, 0.29) is 11.6 Å². The lowest BCUT2D eigenvalue weighted by Crippen LogP contribution is -2.30. The molecule has 104 valence electrons. The van der Waals surface area contributed by atoms with Crippen molar-refractivity contribution in [1.82, 2.24) is 14.3 Å². The van der Waals surface area contributed by atoms with Gasteiger partial charge in [-0.3, -0.25) is 0 Å². The lowest BCUT2D eigenvalue weighted by atomic mass is 10.4. The lowest BCUT2D eigenvalue weighted by Gasteiger charge is -2.17. The Labute approximate surface area is 112 Å². The zero-order valence-corrected chi connectivity index (χ0v) is 11.8. The topological polar surface area (TPSA) is 79.2 Å². The molecular formula is C12H17N3O3S. The summed E-state index contributed by atoms with van der Waals surface area (Å²) in [5, 5.41) is 0.123. The van der Waals surface area contributed by atoms with E-state index in [0.717, 1.165) is 0 Å². The number of imidazole rings is 1. The summed E-state index contributed by atoms with van der Waals surface area (Å²) >= 11 is 0. The normalized spacial score (nSPS) is 12.2. The van der Waals surface area contributed by atoms with Gasteiger partial charge in [0.1, 0.15) is 11.6 Å². The van der Waals surface area contributed by atoms with Gasteiger partial charge in [-0.25, -0.2) is 13.4 Å². The Bertz CT molecular complexity index is 616. The van der Waals surface area contributed by atoms with E-state index in [9.17, 15) is 8.42 Å². The Morgan fingerprint density at radius 3 is 2.74 bits per heavy atom. The minimum atomic E-state index is -3.56. The third-order valence-corrected chi connectivity index (χ3v) is 4.65. The number of nitrogens with zero attached hydrogens (tertiary/aromatic N) is 2. The average Bonchev–Trinajstić information content (AvgIpc) is 3.06. The largest absolute Gasteiger partial charge is 0.468 e. The number of rotatable bonds is 6. The second kappa shape index (κ2) is 5.58. The fourth-order valence-electron chi connectivity index (χ4n) is 1.74. The Hall–Kier alpha value is -1.60. The van der Waals surface area contributed by atoms with E-state index in [1.807, 2.05) is 6.92 Å². The van der Waals surface area contributed by atoms with Crippen LogP contribution in [0.15, 0.2) is 34.0 Å². The molecule has 0 unspecified atom stereocenters.